The number of likely N-dealkylation sites (tertiary alicyclic amines) is 1. The van der Waals surface area contributed by atoms with Crippen LogP contribution in [0.25, 0.3) is 11.4 Å². The number of aromatic nitrogens is 6. The molecule has 2 aromatic heterocycles. The van der Waals surface area contributed by atoms with E-state index in [1.165, 1.54) is 6.20 Å². The summed E-state index contributed by atoms with van der Waals surface area (Å²) in [7, 11) is 2.15. The molecule has 0 spiro atoms. The molecule has 1 aromatic carbocycles. The minimum absolute atomic E-state index is 0.0257. The molecule has 11 nitrogen and oxygen atoms in total. The second-order valence-electron chi connectivity index (χ2n) is 11.7. The third kappa shape index (κ3) is 6.34. The summed E-state index contributed by atoms with van der Waals surface area (Å²) in [6, 6.07) is 7.82. The lowest BCUT2D eigenvalue weighted by Gasteiger charge is -2.53. The van der Waals surface area contributed by atoms with Crippen molar-refractivity contribution in [3.05, 3.63) is 36.3 Å². The van der Waals surface area contributed by atoms with Gasteiger partial charge < -0.3 is 15.4 Å². The summed E-state index contributed by atoms with van der Waals surface area (Å²) >= 11 is 0. The highest BCUT2D eigenvalue weighted by atomic mass is 19.1. The maximum atomic E-state index is 14.8. The van der Waals surface area contributed by atoms with Crippen molar-refractivity contribution in [3.63, 3.8) is 0 Å². The van der Waals surface area contributed by atoms with Crippen molar-refractivity contribution in [1.82, 2.24) is 40.0 Å². The molecular weight excluding hydrogens is 499 g/mol. The molecule has 0 saturated carbocycles. The zero-order valence-electron chi connectivity index (χ0n) is 23.5. The number of morpholine rings is 1. The van der Waals surface area contributed by atoms with Crippen LogP contribution in [0.3, 0.4) is 0 Å². The summed E-state index contributed by atoms with van der Waals surface area (Å²) in [4.78, 5) is 13.4. The Bertz CT molecular complexity index is 1250. The highest BCUT2D eigenvalue weighted by molar-refractivity contribution is 5.65. The van der Waals surface area contributed by atoms with Gasteiger partial charge in [0, 0.05) is 48.0 Å². The van der Waals surface area contributed by atoms with Crippen LogP contribution in [0.15, 0.2) is 30.5 Å². The van der Waals surface area contributed by atoms with Gasteiger partial charge in [-0.05, 0) is 70.1 Å². The first kappa shape index (κ1) is 27.4. The van der Waals surface area contributed by atoms with Crippen LogP contribution < -0.4 is 10.6 Å². The van der Waals surface area contributed by atoms with Gasteiger partial charge >= 0.3 is 0 Å². The molecule has 2 saturated heterocycles. The first-order valence-corrected chi connectivity index (χ1v) is 13.6. The number of nitrogens with one attached hydrogen (secondary N) is 2. The molecule has 5 rings (SSSR count). The average molecular weight is 539 g/mol. The number of hydrogen-bond acceptors (Lipinski definition) is 10. The lowest BCUT2D eigenvalue weighted by molar-refractivity contribution is -0.00778. The summed E-state index contributed by atoms with van der Waals surface area (Å²) in [6.45, 7) is 13.8. The number of piperidine rings is 1. The van der Waals surface area contributed by atoms with Crippen LogP contribution in [-0.4, -0.2) is 97.0 Å². The van der Waals surface area contributed by atoms with Gasteiger partial charge in [0.05, 0.1) is 26.0 Å². The van der Waals surface area contributed by atoms with E-state index in [0.717, 1.165) is 56.9 Å². The summed E-state index contributed by atoms with van der Waals surface area (Å²) in [5.41, 5.74) is 1.57. The standard InChI is InChI=1S/C27H39FN10O/c1-26(2)16-21(17-27(3,4)36(26)5)30-23-22(28)18-29-25(32-23)31-20-8-6-7-19(15-20)24-33-34-35-38(24)10-9-37-11-13-39-14-12-37/h6-8,15,18,21H,9-14,16-17H2,1-5H3,(H2,29,30,31,32). The van der Waals surface area contributed by atoms with Crippen LogP contribution >= 0.6 is 0 Å². The predicted octanol–water partition coefficient (Wildman–Crippen LogP) is 3.41. The number of nitrogens with zero attached hydrogens (tertiary/aromatic N) is 8. The lowest BCUT2D eigenvalue weighted by atomic mass is 9.77. The minimum Gasteiger partial charge on any atom is -0.379 e. The number of hydrogen-bond donors (Lipinski definition) is 2. The van der Waals surface area contributed by atoms with E-state index in [-0.39, 0.29) is 22.9 Å². The Morgan fingerprint density at radius 1 is 1.08 bits per heavy atom. The Hall–Kier alpha value is -3.22. The lowest BCUT2D eigenvalue weighted by Crippen LogP contribution is -2.61. The van der Waals surface area contributed by atoms with Crippen molar-refractivity contribution < 1.29 is 9.13 Å². The van der Waals surface area contributed by atoms with Gasteiger partial charge in [0.25, 0.3) is 0 Å². The fraction of sp³-hybridized carbons (Fsp3) is 0.593. The highest BCUT2D eigenvalue weighted by Gasteiger charge is 2.43. The van der Waals surface area contributed by atoms with Crippen LogP contribution in [0.1, 0.15) is 40.5 Å². The van der Waals surface area contributed by atoms with Crippen molar-refractivity contribution in [2.75, 3.05) is 50.5 Å². The molecule has 210 valence electrons. The van der Waals surface area contributed by atoms with Gasteiger partial charge in [0.15, 0.2) is 17.5 Å². The average Bonchev–Trinajstić information content (AvgIpc) is 3.37. The fourth-order valence-corrected chi connectivity index (χ4v) is 5.68. The third-order valence-electron chi connectivity index (χ3n) is 8.03. The zero-order valence-corrected chi connectivity index (χ0v) is 23.5. The summed E-state index contributed by atoms with van der Waals surface area (Å²) in [6.07, 6.45) is 2.96. The quantitative estimate of drug-likeness (QED) is 0.443. The molecule has 2 aliphatic rings. The van der Waals surface area contributed by atoms with Crippen molar-refractivity contribution >= 4 is 17.5 Å². The molecule has 39 heavy (non-hydrogen) atoms. The van der Waals surface area contributed by atoms with E-state index in [1.807, 2.05) is 28.9 Å². The van der Waals surface area contributed by atoms with Gasteiger partial charge in [0.1, 0.15) is 0 Å². The number of ether oxygens (including phenoxy) is 1. The SMILES string of the molecule is CN1C(C)(C)CC(Nc2nc(Nc3cccc(-c4nnnn4CCN4CCOCC4)c3)ncc2F)CC1(C)C. The first-order chi connectivity index (χ1) is 18.6. The summed E-state index contributed by atoms with van der Waals surface area (Å²) in [5, 5.41) is 18.9. The smallest absolute Gasteiger partial charge is 0.229 e. The molecule has 0 amide bonds. The van der Waals surface area contributed by atoms with Crippen LogP contribution in [0.2, 0.25) is 0 Å². The Morgan fingerprint density at radius 3 is 2.56 bits per heavy atom. The molecule has 0 unspecified atom stereocenters. The molecule has 0 atom stereocenters. The Morgan fingerprint density at radius 2 is 1.82 bits per heavy atom. The zero-order chi connectivity index (χ0) is 27.6. The van der Waals surface area contributed by atoms with Crippen molar-refractivity contribution in [3.8, 4) is 11.4 Å². The largest absolute Gasteiger partial charge is 0.379 e. The van der Waals surface area contributed by atoms with Crippen LogP contribution in [0, 0.1) is 5.82 Å². The highest BCUT2D eigenvalue weighted by Crippen LogP contribution is 2.38. The molecule has 0 bridgehead atoms. The van der Waals surface area contributed by atoms with Gasteiger partial charge in [-0.3, -0.25) is 9.80 Å². The number of rotatable bonds is 8. The number of anilines is 3. The molecule has 12 heteroatoms. The number of halogens is 1. The monoisotopic (exact) mass is 538 g/mol. The van der Waals surface area contributed by atoms with E-state index < -0.39 is 5.82 Å². The molecule has 3 aromatic rings. The normalized spacial score (nSPS) is 20.2. The van der Waals surface area contributed by atoms with Gasteiger partial charge in [-0.15, -0.1) is 5.10 Å². The topological polar surface area (TPSA) is 109 Å². The van der Waals surface area contributed by atoms with Gasteiger partial charge in [-0.2, -0.15) is 4.98 Å². The molecule has 4 heterocycles. The Labute approximate surface area is 229 Å². The van der Waals surface area contributed by atoms with Gasteiger partial charge in [0.2, 0.25) is 5.95 Å². The van der Waals surface area contributed by atoms with E-state index in [4.69, 9.17) is 4.74 Å². The summed E-state index contributed by atoms with van der Waals surface area (Å²) < 4.78 is 22.0. The molecule has 2 N–H and O–H groups in total. The van der Waals surface area contributed by atoms with Gasteiger partial charge in [-0.25, -0.2) is 14.1 Å². The van der Waals surface area contributed by atoms with Crippen molar-refractivity contribution in [1.29, 1.82) is 0 Å². The maximum absolute atomic E-state index is 14.8. The second kappa shape index (κ2) is 11.1. The van der Waals surface area contributed by atoms with Crippen LogP contribution in [0.4, 0.5) is 21.8 Å². The minimum atomic E-state index is -0.469. The van der Waals surface area contributed by atoms with E-state index in [9.17, 15) is 4.39 Å². The van der Waals surface area contributed by atoms with Crippen LogP contribution in [-0.2, 0) is 11.3 Å². The molecule has 0 radical (unpaired) electrons. The maximum Gasteiger partial charge on any atom is 0.229 e. The Balaban J connectivity index is 1.28. The first-order valence-electron chi connectivity index (χ1n) is 13.6. The second-order valence-corrected chi connectivity index (χ2v) is 11.7. The molecule has 0 aliphatic carbocycles. The predicted molar refractivity (Wildman–Crippen MR) is 148 cm³/mol. The fourth-order valence-electron chi connectivity index (χ4n) is 5.68. The van der Waals surface area contributed by atoms with Crippen LogP contribution in [0.5, 0.6) is 0 Å². The number of tetrazole rings is 1. The molecule has 2 aliphatic heterocycles. The number of benzene rings is 1. The van der Waals surface area contributed by atoms with Crippen molar-refractivity contribution in [2.24, 2.45) is 0 Å². The Kier molecular flexibility index (Phi) is 7.79. The van der Waals surface area contributed by atoms with E-state index in [0.29, 0.717) is 18.3 Å². The van der Waals surface area contributed by atoms with E-state index in [1.54, 1.807) is 0 Å². The third-order valence-corrected chi connectivity index (χ3v) is 8.03. The van der Waals surface area contributed by atoms with Crippen molar-refractivity contribution in [2.45, 2.75) is 64.2 Å². The molecular formula is C27H39FN10O. The summed E-state index contributed by atoms with van der Waals surface area (Å²) in [5.74, 6) is 0.733. The molecule has 2 fully saturated rings. The van der Waals surface area contributed by atoms with E-state index in [2.05, 4.69) is 80.7 Å². The van der Waals surface area contributed by atoms with Gasteiger partial charge in [-0.1, -0.05) is 12.1 Å². The van der Waals surface area contributed by atoms with E-state index >= 15 is 0 Å².